The van der Waals surface area contributed by atoms with Crippen molar-refractivity contribution < 1.29 is 23.4 Å². The number of amides is 1. The molecular formula is C15H19F2NO3. The van der Waals surface area contributed by atoms with Gasteiger partial charge in [-0.2, -0.15) is 0 Å². The van der Waals surface area contributed by atoms with E-state index in [0.29, 0.717) is 6.42 Å². The molecule has 0 bridgehead atoms. The molecule has 1 aromatic carbocycles. The maximum absolute atomic E-state index is 13.7. The first-order valence-electron chi connectivity index (χ1n) is 6.81. The molecule has 1 N–H and O–H groups in total. The predicted octanol–water partition coefficient (Wildman–Crippen LogP) is 1.53. The van der Waals surface area contributed by atoms with Gasteiger partial charge in [0.1, 0.15) is 11.6 Å². The van der Waals surface area contributed by atoms with E-state index in [1.165, 1.54) is 30.2 Å². The monoisotopic (exact) mass is 299 g/mol. The molecule has 3 atom stereocenters. The molecule has 2 rings (SSSR count). The summed E-state index contributed by atoms with van der Waals surface area (Å²) < 4.78 is 32.1. The van der Waals surface area contributed by atoms with Gasteiger partial charge >= 0.3 is 0 Å². The number of carbonyl (C=O) groups is 1. The van der Waals surface area contributed by atoms with Crippen molar-refractivity contribution in [1.29, 1.82) is 0 Å². The molecule has 1 aromatic rings. The van der Waals surface area contributed by atoms with Crippen molar-refractivity contribution in [1.82, 2.24) is 4.90 Å². The molecule has 0 radical (unpaired) electrons. The van der Waals surface area contributed by atoms with E-state index in [1.54, 1.807) is 7.05 Å². The van der Waals surface area contributed by atoms with Gasteiger partial charge in [-0.1, -0.05) is 6.07 Å². The second kappa shape index (κ2) is 6.49. The highest BCUT2D eigenvalue weighted by Crippen LogP contribution is 2.49. The van der Waals surface area contributed by atoms with E-state index in [4.69, 9.17) is 4.74 Å². The summed E-state index contributed by atoms with van der Waals surface area (Å²) in [6.45, 7) is 0.267. The second-order valence-electron chi connectivity index (χ2n) is 5.41. The van der Waals surface area contributed by atoms with Crippen molar-refractivity contribution in [3.8, 4) is 0 Å². The molecule has 0 aliphatic heterocycles. The van der Waals surface area contributed by atoms with Gasteiger partial charge in [0.15, 0.2) is 0 Å². The van der Waals surface area contributed by atoms with Gasteiger partial charge in [-0.05, 0) is 18.6 Å². The molecule has 1 aliphatic carbocycles. The normalized spacial score (nSPS) is 22.0. The van der Waals surface area contributed by atoms with Gasteiger partial charge in [-0.3, -0.25) is 4.79 Å². The van der Waals surface area contributed by atoms with Crippen LogP contribution in [0, 0.1) is 17.6 Å². The lowest BCUT2D eigenvalue weighted by atomic mass is 10.1. The average Bonchev–Trinajstić information content (AvgIpc) is 3.18. The maximum Gasteiger partial charge on any atom is 0.226 e. The number of methoxy groups -OCH3 is 1. The average molecular weight is 299 g/mol. The molecule has 0 saturated heterocycles. The summed E-state index contributed by atoms with van der Waals surface area (Å²) in [7, 11) is 3.03. The van der Waals surface area contributed by atoms with E-state index < -0.39 is 29.6 Å². The molecule has 1 amide bonds. The summed E-state index contributed by atoms with van der Waals surface area (Å²) in [5.74, 6) is -2.27. The topological polar surface area (TPSA) is 49.8 Å². The fourth-order valence-electron chi connectivity index (χ4n) is 2.59. The lowest BCUT2D eigenvalue weighted by Crippen LogP contribution is -2.37. The lowest BCUT2D eigenvalue weighted by Gasteiger charge is -2.20. The third-order valence-electron chi connectivity index (χ3n) is 3.70. The minimum absolute atomic E-state index is 0.0123. The van der Waals surface area contributed by atoms with Gasteiger partial charge < -0.3 is 14.7 Å². The zero-order valence-corrected chi connectivity index (χ0v) is 12.1. The highest BCUT2D eigenvalue weighted by atomic mass is 19.1. The van der Waals surface area contributed by atoms with Gasteiger partial charge in [-0.15, -0.1) is 0 Å². The largest absolute Gasteiger partial charge is 0.389 e. The molecular weight excluding hydrogens is 280 g/mol. The molecule has 3 unspecified atom stereocenters. The zero-order valence-electron chi connectivity index (χ0n) is 12.1. The standard InChI is InChI=1S/C15H19F2NO3/c1-18(7-9(19)8-21-2)15(20)11-6-10(11)14-12(16)4-3-5-13(14)17/h3-5,9-11,19H,6-8H2,1-2H3. The molecule has 0 spiro atoms. The van der Waals surface area contributed by atoms with Crippen molar-refractivity contribution in [3.63, 3.8) is 0 Å². The Morgan fingerprint density at radius 2 is 2.10 bits per heavy atom. The Balaban J connectivity index is 1.98. The third kappa shape index (κ3) is 3.57. The fraction of sp³-hybridized carbons (Fsp3) is 0.533. The van der Waals surface area contributed by atoms with Gasteiger partial charge in [0.2, 0.25) is 5.91 Å². The number of nitrogens with zero attached hydrogens (tertiary/aromatic N) is 1. The van der Waals surface area contributed by atoms with Crippen LogP contribution in [0.3, 0.4) is 0 Å². The number of carbonyl (C=O) groups excluding carboxylic acids is 1. The molecule has 0 aromatic heterocycles. The van der Waals surface area contributed by atoms with E-state index >= 15 is 0 Å². The minimum atomic E-state index is -0.772. The zero-order chi connectivity index (χ0) is 15.6. The van der Waals surface area contributed by atoms with Crippen molar-refractivity contribution in [2.24, 2.45) is 5.92 Å². The van der Waals surface area contributed by atoms with Gasteiger partial charge in [0, 0.05) is 38.1 Å². The number of benzene rings is 1. The Hall–Kier alpha value is -1.53. The van der Waals surface area contributed by atoms with Gasteiger partial charge in [-0.25, -0.2) is 8.78 Å². The number of aliphatic hydroxyl groups excluding tert-OH is 1. The predicted molar refractivity (Wildman–Crippen MR) is 72.7 cm³/mol. The molecule has 4 nitrogen and oxygen atoms in total. The summed E-state index contributed by atoms with van der Waals surface area (Å²) in [5.41, 5.74) is -0.0123. The van der Waals surface area contributed by atoms with Crippen LogP contribution in [0.15, 0.2) is 18.2 Å². The number of rotatable bonds is 6. The van der Waals surface area contributed by atoms with Gasteiger partial charge in [0.05, 0.1) is 12.7 Å². The Labute approximate surface area is 122 Å². The third-order valence-corrected chi connectivity index (χ3v) is 3.70. The van der Waals surface area contributed by atoms with E-state index in [1.807, 2.05) is 0 Å². The minimum Gasteiger partial charge on any atom is -0.389 e. The molecule has 1 fully saturated rings. The fourth-order valence-corrected chi connectivity index (χ4v) is 2.59. The van der Waals surface area contributed by atoms with Crippen LogP contribution >= 0.6 is 0 Å². The van der Waals surface area contributed by atoms with E-state index in [9.17, 15) is 18.7 Å². The van der Waals surface area contributed by atoms with Crippen LogP contribution < -0.4 is 0 Å². The molecule has 1 saturated carbocycles. The summed E-state index contributed by atoms with van der Waals surface area (Å²) in [6, 6.07) is 3.70. The molecule has 116 valence electrons. The smallest absolute Gasteiger partial charge is 0.226 e. The maximum atomic E-state index is 13.7. The highest BCUT2D eigenvalue weighted by molar-refractivity contribution is 5.82. The lowest BCUT2D eigenvalue weighted by molar-refractivity contribution is -0.133. The Kier molecular flexibility index (Phi) is 4.90. The van der Waals surface area contributed by atoms with Crippen LogP contribution in [-0.2, 0) is 9.53 Å². The molecule has 0 heterocycles. The molecule has 1 aliphatic rings. The van der Waals surface area contributed by atoms with Crippen molar-refractivity contribution in [2.45, 2.75) is 18.4 Å². The SMILES string of the molecule is COCC(O)CN(C)C(=O)C1CC1c1c(F)cccc1F. The van der Waals surface area contributed by atoms with Crippen LogP contribution in [0.1, 0.15) is 17.9 Å². The van der Waals surface area contributed by atoms with Crippen LogP contribution in [0.4, 0.5) is 8.78 Å². The summed E-state index contributed by atoms with van der Waals surface area (Å²) >= 11 is 0. The summed E-state index contributed by atoms with van der Waals surface area (Å²) in [4.78, 5) is 13.6. The first-order chi connectivity index (χ1) is 9.95. The summed E-state index contributed by atoms with van der Waals surface area (Å²) in [5, 5.41) is 9.60. The van der Waals surface area contributed by atoms with Crippen molar-refractivity contribution >= 4 is 5.91 Å². The Morgan fingerprint density at radius 3 is 2.67 bits per heavy atom. The first-order valence-corrected chi connectivity index (χ1v) is 6.81. The number of halogens is 2. The van der Waals surface area contributed by atoms with E-state index in [0.717, 1.165) is 0 Å². The number of hydrogen-bond donors (Lipinski definition) is 1. The van der Waals surface area contributed by atoms with Crippen LogP contribution in [0.5, 0.6) is 0 Å². The van der Waals surface area contributed by atoms with Crippen LogP contribution in [0.2, 0.25) is 0 Å². The second-order valence-corrected chi connectivity index (χ2v) is 5.41. The van der Waals surface area contributed by atoms with Gasteiger partial charge in [0.25, 0.3) is 0 Å². The van der Waals surface area contributed by atoms with E-state index in [-0.39, 0.29) is 24.6 Å². The number of aliphatic hydroxyl groups is 1. The van der Waals surface area contributed by atoms with E-state index in [2.05, 4.69) is 0 Å². The summed E-state index contributed by atoms with van der Waals surface area (Å²) in [6.07, 6.45) is -0.340. The Bertz CT molecular complexity index is 503. The highest BCUT2D eigenvalue weighted by Gasteiger charge is 2.47. The number of hydrogen-bond acceptors (Lipinski definition) is 3. The molecule has 6 heteroatoms. The van der Waals surface area contributed by atoms with Crippen molar-refractivity contribution in [2.75, 3.05) is 27.3 Å². The quantitative estimate of drug-likeness (QED) is 0.867. The van der Waals surface area contributed by atoms with Crippen LogP contribution in [0.25, 0.3) is 0 Å². The molecule has 21 heavy (non-hydrogen) atoms. The number of likely N-dealkylation sites (N-methyl/N-ethyl adjacent to an activating group) is 1. The van der Waals surface area contributed by atoms with Crippen molar-refractivity contribution in [3.05, 3.63) is 35.4 Å². The first kappa shape index (κ1) is 15.9. The number of ether oxygens (including phenoxy) is 1. The van der Waals surface area contributed by atoms with Crippen LogP contribution in [-0.4, -0.2) is 49.3 Å². The Morgan fingerprint density at radius 1 is 1.48 bits per heavy atom.